The van der Waals surface area contributed by atoms with E-state index in [4.69, 9.17) is 9.47 Å². The molecular formula is C18H28INO3. The molecule has 0 aliphatic carbocycles. The predicted molar refractivity (Wildman–Crippen MR) is 87.3 cm³/mol. The molecule has 0 spiro atoms. The fourth-order valence-corrected chi connectivity index (χ4v) is 2.53. The van der Waals surface area contributed by atoms with Gasteiger partial charge in [-0.25, -0.2) is 0 Å². The number of halogens is 1. The molecule has 1 aliphatic heterocycles. The molecule has 0 N–H and O–H groups in total. The summed E-state index contributed by atoms with van der Waals surface area (Å²) in [6, 6.07) is 7.54. The number of hydrogen-bond acceptors (Lipinski definition) is 3. The van der Waals surface area contributed by atoms with Gasteiger partial charge in [-0.2, -0.15) is 0 Å². The molecule has 0 amide bonds. The van der Waals surface area contributed by atoms with Crippen LogP contribution >= 0.6 is 0 Å². The predicted octanol–water partition coefficient (Wildman–Crippen LogP) is -0.225. The highest BCUT2D eigenvalue weighted by atomic mass is 127. The van der Waals surface area contributed by atoms with E-state index in [0.717, 1.165) is 55.1 Å². The number of hydrogen-bond donors (Lipinski definition) is 0. The summed E-state index contributed by atoms with van der Waals surface area (Å²) in [6.45, 7) is 8.92. The van der Waals surface area contributed by atoms with E-state index in [-0.39, 0.29) is 29.8 Å². The lowest BCUT2D eigenvalue weighted by molar-refractivity contribution is -0.908. The monoisotopic (exact) mass is 433 g/mol. The zero-order valence-corrected chi connectivity index (χ0v) is 16.5. The highest BCUT2D eigenvalue weighted by molar-refractivity contribution is 5.97. The molecule has 2 rings (SSSR count). The fourth-order valence-electron chi connectivity index (χ4n) is 2.53. The van der Waals surface area contributed by atoms with Gasteiger partial charge >= 0.3 is 0 Å². The van der Waals surface area contributed by atoms with Gasteiger partial charge in [-0.05, 0) is 36.6 Å². The second kappa shape index (κ2) is 9.59. The first-order valence-electron chi connectivity index (χ1n) is 8.16. The van der Waals surface area contributed by atoms with Crippen molar-refractivity contribution in [2.45, 2.75) is 20.3 Å². The lowest BCUT2D eigenvalue weighted by atomic mass is 10.1. The number of carbonyl (C=O) groups is 1. The molecule has 0 aromatic heterocycles. The van der Waals surface area contributed by atoms with Gasteiger partial charge in [0.1, 0.15) is 25.4 Å². The van der Waals surface area contributed by atoms with Crippen LogP contribution in [0.15, 0.2) is 24.3 Å². The van der Waals surface area contributed by atoms with Crippen LogP contribution in [-0.2, 0) is 4.74 Å². The van der Waals surface area contributed by atoms with E-state index in [2.05, 4.69) is 20.9 Å². The van der Waals surface area contributed by atoms with Crippen LogP contribution in [0.1, 0.15) is 30.6 Å². The SMILES string of the molecule is CC(C)CCOc1ccc(C(=O)C[N+]2(C)CCOCC2)cc1.[I-]. The number of nitrogens with zero attached hydrogens (tertiary/aromatic N) is 1. The van der Waals surface area contributed by atoms with Crippen molar-refractivity contribution in [1.82, 2.24) is 0 Å². The van der Waals surface area contributed by atoms with Gasteiger partial charge in [-0.1, -0.05) is 13.8 Å². The number of ketones is 1. The number of quaternary nitrogens is 1. The molecule has 0 saturated carbocycles. The van der Waals surface area contributed by atoms with Gasteiger partial charge in [0.05, 0.1) is 26.9 Å². The Bertz CT molecular complexity index is 482. The molecule has 1 saturated heterocycles. The van der Waals surface area contributed by atoms with Crippen molar-refractivity contribution in [2.75, 3.05) is 46.5 Å². The van der Waals surface area contributed by atoms with Crippen LogP contribution < -0.4 is 28.7 Å². The van der Waals surface area contributed by atoms with Gasteiger partial charge < -0.3 is 37.9 Å². The minimum atomic E-state index is 0. The largest absolute Gasteiger partial charge is 1.00 e. The van der Waals surface area contributed by atoms with Gasteiger partial charge in [-0.15, -0.1) is 0 Å². The second-order valence-electron chi connectivity index (χ2n) is 6.82. The van der Waals surface area contributed by atoms with Crippen LogP contribution in [0.2, 0.25) is 0 Å². The van der Waals surface area contributed by atoms with E-state index in [1.165, 1.54) is 0 Å². The average molecular weight is 433 g/mol. The highest BCUT2D eigenvalue weighted by Gasteiger charge is 2.28. The third-order valence-corrected chi connectivity index (χ3v) is 4.22. The van der Waals surface area contributed by atoms with Crippen LogP contribution in [0.5, 0.6) is 5.75 Å². The van der Waals surface area contributed by atoms with E-state index in [9.17, 15) is 4.79 Å². The number of likely N-dealkylation sites (N-methyl/N-ethyl adjacent to an activating group) is 1. The van der Waals surface area contributed by atoms with Crippen molar-refractivity contribution in [1.29, 1.82) is 0 Å². The number of carbonyl (C=O) groups excluding carboxylic acids is 1. The van der Waals surface area contributed by atoms with Crippen molar-refractivity contribution in [2.24, 2.45) is 5.92 Å². The minimum Gasteiger partial charge on any atom is -1.00 e. The molecular weight excluding hydrogens is 405 g/mol. The van der Waals surface area contributed by atoms with E-state index in [0.29, 0.717) is 12.5 Å². The minimum absolute atomic E-state index is 0. The Morgan fingerprint density at radius 1 is 1.22 bits per heavy atom. The third-order valence-electron chi connectivity index (χ3n) is 4.22. The van der Waals surface area contributed by atoms with Gasteiger partial charge in [0.25, 0.3) is 0 Å². The first kappa shape index (κ1) is 20.4. The maximum atomic E-state index is 12.4. The quantitative estimate of drug-likeness (QED) is 0.339. The van der Waals surface area contributed by atoms with Crippen LogP contribution in [0.25, 0.3) is 0 Å². The van der Waals surface area contributed by atoms with Crippen molar-refractivity contribution >= 4 is 5.78 Å². The normalized spacial score (nSPS) is 16.7. The number of morpholine rings is 1. The van der Waals surface area contributed by atoms with Crippen LogP contribution in [0.4, 0.5) is 0 Å². The molecule has 1 aromatic rings. The lowest BCUT2D eigenvalue weighted by Crippen LogP contribution is -3.00. The molecule has 1 heterocycles. The van der Waals surface area contributed by atoms with Crippen molar-refractivity contribution in [3.05, 3.63) is 29.8 Å². The van der Waals surface area contributed by atoms with Crippen LogP contribution in [-0.4, -0.2) is 56.8 Å². The summed E-state index contributed by atoms with van der Waals surface area (Å²) in [6.07, 6.45) is 1.04. The van der Waals surface area contributed by atoms with Gasteiger partial charge in [0.15, 0.2) is 0 Å². The lowest BCUT2D eigenvalue weighted by Gasteiger charge is -2.36. The summed E-state index contributed by atoms with van der Waals surface area (Å²) in [5.74, 6) is 1.67. The topological polar surface area (TPSA) is 35.5 Å². The van der Waals surface area contributed by atoms with Crippen molar-refractivity contribution in [3.63, 3.8) is 0 Å². The van der Waals surface area contributed by atoms with Crippen molar-refractivity contribution < 1.29 is 42.7 Å². The first-order chi connectivity index (χ1) is 10.5. The number of benzene rings is 1. The molecule has 0 atom stereocenters. The Balaban J connectivity index is 0.00000264. The van der Waals surface area contributed by atoms with E-state index < -0.39 is 0 Å². The molecule has 1 aliphatic rings. The Morgan fingerprint density at radius 2 is 1.83 bits per heavy atom. The molecule has 0 bridgehead atoms. The molecule has 5 heteroatoms. The molecule has 1 aromatic carbocycles. The Kier molecular flexibility index (Phi) is 8.50. The smallest absolute Gasteiger partial charge is 0.216 e. The third kappa shape index (κ3) is 6.77. The zero-order chi connectivity index (χ0) is 16.0. The van der Waals surface area contributed by atoms with Gasteiger partial charge in [0, 0.05) is 5.56 Å². The van der Waals surface area contributed by atoms with Gasteiger partial charge in [-0.3, -0.25) is 4.79 Å². The molecule has 130 valence electrons. The summed E-state index contributed by atoms with van der Waals surface area (Å²) >= 11 is 0. The second-order valence-corrected chi connectivity index (χ2v) is 6.82. The van der Waals surface area contributed by atoms with Gasteiger partial charge in [0.2, 0.25) is 5.78 Å². The molecule has 23 heavy (non-hydrogen) atoms. The Morgan fingerprint density at radius 3 is 2.39 bits per heavy atom. The molecule has 0 radical (unpaired) electrons. The Labute approximate surface area is 156 Å². The number of Topliss-reactive ketones (excluding diaryl/α,β-unsaturated/α-hetero) is 1. The number of ether oxygens (including phenoxy) is 2. The summed E-state index contributed by atoms with van der Waals surface area (Å²) in [5.41, 5.74) is 0.766. The number of rotatable bonds is 7. The maximum Gasteiger partial charge on any atom is 0.216 e. The summed E-state index contributed by atoms with van der Waals surface area (Å²) < 4.78 is 11.8. The van der Waals surface area contributed by atoms with E-state index >= 15 is 0 Å². The molecule has 4 nitrogen and oxygen atoms in total. The van der Waals surface area contributed by atoms with Crippen LogP contribution in [0, 0.1) is 5.92 Å². The van der Waals surface area contributed by atoms with E-state index in [1.54, 1.807) is 0 Å². The van der Waals surface area contributed by atoms with E-state index in [1.807, 2.05) is 24.3 Å². The fraction of sp³-hybridized carbons (Fsp3) is 0.611. The standard InChI is InChI=1S/C18H28NO3.HI/c1-15(2)8-11-22-17-6-4-16(5-7-17)18(20)14-19(3)9-12-21-13-10-19;/h4-7,15H,8-14H2,1-3H3;1H/q+1;/p-1. The highest BCUT2D eigenvalue weighted by Crippen LogP contribution is 2.16. The van der Waals surface area contributed by atoms with Crippen molar-refractivity contribution in [3.8, 4) is 5.75 Å². The summed E-state index contributed by atoms with van der Waals surface area (Å²) in [5, 5.41) is 0. The maximum absolute atomic E-state index is 12.4. The summed E-state index contributed by atoms with van der Waals surface area (Å²) in [7, 11) is 2.13. The first-order valence-corrected chi connectivity index (χ1v) is 8.16. The Hall–Kier alpha value is -0.660. The van der Waals surface area contributed by atoms with Crippen LogP contribution in [0.3, 0.4) is 0 Å². The zero-order valence-electron chi connectivity index (χ0n) is 14.4. The summed E-state index contributed by atoms with van der Waals surface area (Å²) in [4.78, 5) is 12.4. The molecule has 1 fully saturated rings. The average Bonchev–Trinajstić information content (AvgIpc) is 2.48. The molecule has 0 unspecified atom stereocenters.